The molecule has 22 heavy (non-hydrogen) atoms. The monoisotopic (exact) mass is 319 g/mol. The molecule has 120 valence electrons. The number of nitrogens with two attached hydrogens (primary N) is 1. The number of aromatic nitrogens is 2. The lowest BCUT2D eigenvalue weighted by atomic mass is 9.96. The summed E-state index contributed by atoms with van der Waals surface area (Å²) in [5.74, 6) is -2.01. The highest BCUT2D eigenvalue weighted by atomic mass is 19.3. The van der Waals surface area contributed by atoms with E-state index in [0.717, 1.165) is 6.20 Å². The van der Waals surface area contributed by atoms with Crippen molar-refractivity contribution in [2.24, 2.45) is 11.0 Å². The summed E-state index contributed by atoms with van der Waals surface area (Å²) in [6.45, 7) is -1.01. The van der Waals surface area contributed by atoms with Gasteiger partial charge in [0.2, 0.25) is 11.3 Å². The minimum absolute atomic E-state index is 0.118. The molecule has 0 saturated carbocycles. The van der Waals surface area contributed by atoms with E-state index in [4.69, 9.17) is 16.0 Å². The van der Waals surface area contributed by atoms with Crippen molar-refractivity contribution in [3.05, 3.63) is 22.7 Å². The van der Waals surface area contributed by atoms with Crippen LogP contribution in [0.3, 0.4) is 0 Å². The molecule has 1 aliphatic rings. The quantitative estimate of drug-likeness (QED) is 0.404. The lowest BCUT2D eigenvalue weighted by molar-refractivity contribution is -0.128. The maximum Gasteiger partial charge on any atom is 0.351 e. The lowest BCUT2D eigenvalue weighted by Crippen LogP contribution is -2.44. The van der Waals surface area contributed by atoms with Crippen molar-refractivity contribution >= 4 is 5.82 Å². The third-order valence-corrected chi connectivity index (χ3v) is 3.34. The van der Waals surface area contributed by atoms with Crippen LogP contribution in [0.15, 0.2) is 22.2 Å². The molecule has 0 unspecified atom stereocenters. The molecule has 1 aromatic rings. The lowest BCUT2D eigenvalue weighted by Gasteiger charge is -2.20. The fraction of sp³-hybridized carbons (Fsp3) is 0.600. The predicted molar refractivity (Wildman–Crippen MR) is 65.6 cm³/mol. The molecule has 2 heterocycles. The Kier molecular flexibility index (Phi) is 4.28. The Hall–Kier alpha value is -2.27. The molecule has 0 bridgehead atoms. The van der Waals surface area contributed by atoms with Gasteiger partial charge < -0.3 is 20.7 Å². The SMILES string of the molecule is N=[N+]=N[C@]1(CO)O[C@@H](n2ccc(N)nc2=O)[C@@H](C(F)F)[C@@H]1O. The molecular formula is C10H13F2N6O4+. The molecule has 5 N–H and O–H groups in total. The van der Waals surface area contributed by atoms with Gasteiger partial charge in [0, 0.05) is 6.20 Å². The minimum Gasteiger partial charge on any atom is -0.391 e. The number of anilines is 1. The fourth-order valence-corrected chi connectivity index (χ4v) is 2.27. The molecule has 4 atom stereocenters. The molecular weight excluding hydrogens is 306 g/mol. The van der Waals surface area contributed by atoms with Crippen LogP contribution < -0.4 is 16.3 Å². The Balaban J connectivity index is 2.54. The van der Waals surface area contributed by atoms with Gasteiger partial charge in [0.15, 0.2) is 11.3 Å². The zero-order valence-electron chi connectivity index (χ0n) is 11.0. The first kappa shape index (κ1) is 16.1. The van der Waals surface area contributed by atoms with Crippen molar-refractivity contribution < 1.29 is 23.7 Å². The summed E-state index contributed by atoms with van der Waals surface area (Å²) in [4.78, 5) is 17.8. The number of nitrogens with one attached hydrogen (secondary N) is 1. The second-order valence-electron chi connectivity index (χ2n) is 4.61. The number of aliphatic hydroxyl groups excluding tert-OH is 2. The van der Waals surface area contributed by atoms with Gasteiger partial charge in [-0.1, -0.05) is 0 Å². The van der Waals surface area contributed by atoms with E-state index in [9.17, 15) is 23.8 Å². The van der Waals surface area contributed by atoms with Gasteiger partial charge in [-0.2, -0.15) is 4.98 Å². The Morgan fingerprint density at radius 1 is 1.68 bits per heavy atom. The van der Waals surface area contributed by atoms with Crippen LogP contribution in [0, 0.1) is 11.4 Å². The van der Waals surface area contributed by atoms with Gasteiger partial charge in [-0.3, -0.25) is 4.57 Å². The van der Waals surface area contributed by atoms with Crippen LogP contribution in [0.5, 0.6) is 0 Å². The Bertz CT molecular complexity index is 663. The van der Waals surface area contributed by atoms with Crippen molar-refractivity contribution in [3.8, 4) is 0 Å². The predicted octanol–water partition coefficient (Wildman–Crippen LogP) is -1.16. The van der Waals surface area contributed by atoms with Gasteiger partial charge >= 0.3 is 5.69 Å². The summed E-state index contributed by atoms with van der Waals surface area (Å²) >= 11 is 0. The van der Waals surface area contributed by atoms with E-state index in [2.05, 4.69) is 15.0 Å². The van der Waals surface area contributed by atoms with Gasteiger partial charge in [-0.05, 0) is 6.07 Å². The van der Waals surface area contributed by atoms with Gasteiger partial charge in [0.25, 0.3) is 5.72 Å². The third-order valence-electron chi connectivity index (χ3n) is 3.34. The molecule has 1 aromatic heterocycles. The van der Waals surface area contributed by atoms with Crippen molar-refractivity contribution in [1.82, 2.24) is 14.5 Å². The van der Waals surface area contributed by atoms with Gasteiger partial charge in [0.05, 0.1) is 5.92 Å². The smallest absolute Gasteiger partial charge is 0.351 e. The van der Waals surface area contributed by atoms with Crippen LogP contribution in [-0.4, -0.2) is 44.6 Å². The minimum atomic E-state index is -3.10. The average Bonchev–Trinajstić information content (AvgIpc) is 2.73. The number of rotatable bonds is 4. The van der Waals surface area contributed by atoms with Crippen molar-refractivity contribution in [2.75, 3.05) is 12.3 Å². The van der Waals surface area contributed by atoms with Gasteiger partial charge in [-0.25, -0.2) is 13.6 Å². The number of nitrogens with zero attached hydrogens (tertiary/aromatic N) is 4. The summed E-state index contributed by atoms with van der Waals surface area (Å²) < 4.78 is 32.4. The van der Waals surface area contributed by atoms with Crippen LogP contribution in [0.2, 0.25) is 0 Å². The zero-order valence-corrected chi connectivity index (χ0v) is 11.0. The second kappa shape index (κ2) is 5.85. The number of alkyl halides is 2. The Morgan fingerprint density at radius 3 is 2.86 bits per heavy atom. The van der Waals surface area contributed by atoms with E-state index in [1.807, 2.05) is 0 Å². The molecule has 0 aromatic carbocycles. The van der Waals surface area contributed by atoms with E-state index in [0.29, 0.717) is 4.57 Å². The van der Waals surface area contributed by atoms with Crippen molar-refractivity contribution in [2.45, 2.75) is 24.5 Å². The molecule has 0 radical (unpaired) electrons. The normalized spacial score (nSPS) is 31.2. The molecule has 0 amide bonds. The Labute approximate surface area is 121 Å². The third kappa shape index (κ3) is 2.48. The molecule has 12 heteroatoms. The first-order valence-electron chi connectivity index (χ1n) is 6.04. The number of halogens is 2. The molecule has 1 fully saturated rings. The highest BCUT2D eigenvalue weighted by molar-refractivity contribution is 5.23. The van der Waals surface area contributed by atoms with Crippen molar-refractivity contribution in [3.63, 3.8) is 0 Å². The summed E-state index contributed by atoms with van der Waals surface area (Å²) in [5, 5.41) is 22.5. The summed E-state index contributed by atoms with van der Waals surface area (Å²) in [6.07, 6.45) is -5.67. The van der Waals surface area contributed by atoms with Crippen LogP contribution in [0.4, 0.5) is 14.6 Å². The van der Waals surface area contributed by atoms with Crippen LogP contribution >= 0.6 is 0 Å². The standard InChI is InChI=1S/C10H12F2N6O4/c11-7(12)5-6(20)10(3-19,16-17-14)22-8(5)18-2-1-4(13)15-9(18)21/h1-2,5-8,14,19-20H,3H2,(H-,13,15,21)/p+1/t5-,6+,8-,10-/m1/s1. The molecule has 0 spiro atoms. The van der Waals surface area contributed by atoms with Crippen LogP contribution in [0.25, 0.3) is 0 Å². The van der Waals surface area contributed by atoms with Crippen molar-refractivity contribution in [1.29, 1.82) is 5.53 Å². The van der Waals surface area contributed by atoms with Crippen LogP contribution in [-0.2, 0) is 4.74 Å². The van der Waals surface area contributed by atoms with Gasteiger partial charge in [-0.15, -0.1) is 0 Å². The highest BCUT2D eigenvalue weighted by Crippen LogP contribution is 2.44. The first-order chi connectivity index (χ1) is 10.4. The molecule has 1 aliphatic heterocycles. The number of nitrogen functional groups attached to an aromatic ring is 1. The molecule has 10 nitrogen and oxygen atoms in total. The number of aliphatic hydroxyl groups is 2. The summed E-state index contributed by atoms with van der Waals surface area (Å²) in [7, 11) is 0. The average molecular weight is 319 g/mol. The molecule has 0 aliphatic carbocycles. The van der Waals surface area contributed by atoms with E-state index < -0.39 is 42.7 Å². The number of hydrogen-bond acceptors (Lipinski definition) is 8. The fourth-order valence-electron chi connectivity index (χ4n) is 2.27. The van der Waals surface area contributed by atoms with E-state index >= 15 is 0 Å². The van der Waals surface area contributed by atoms with Crippen LogP contribution in [0.1, 0.15) is 6.23 Å². The topological polar surface area (TPSA) is 161 Å². The Morgan fingerprint density at radius 2 is 2.36 bits per heavy atom. The first-order valence-corrected chi connectivity index (χ1v) is 6.04. The summed E-state index contributed by atoms with van der Waals surface area (Å²) in [5.41, 5.74) is 8.76. The number of ether oxygens (including phenoxy) is 1. The zero-order chi connectivity index (χ0) is 16.5. The van der Waals surface area contributed by atoms with E-state index in [1.165, 1.54) is 6.07 Å². The van der Waals surface area contributed by atoms with E-state index in [-0.39, 0.29) is 5.82 Å². The molecule has 2 rings (SSSR count). The molecule has 1 saturated heterocycles. The van der Waals surface area contributed by atoms with Gasteiger partial charge in [0.1, 0.15) is 24.1 Å². The maximum absolute atomic E-state index is 13.3. The summed E-state index contributed by atoms with van der Waals surface area (Å²) in [6, 6.07) is 1.19. The number of hydrogen-bond donors (Lipinski definition) is 4. The largest absolute Gasteiger partial charge is 0.391 e. The second-order valence-corrected chi connectivity index (χ2v) is 4.61. The highest BCUT2D eigenvalue weighted by Gasteiger charge is 2.62. The maximum atomic E-state index is 13.3. The van der Waals surface area contributed by atoms with E-state index in [1.54, 1.807) is 0 Å².